The summed E-state index contributed by atoms with van der Waals surface area (Å²) in [6, 6.07) is 5.78. The van der Waals surface area contributed by atoms with Crippen molar-refractivity contribution in [3.8, 4) is 0 Å². The Kier molecular flexibility index (Phi) is 3.81. The highest BCUT2D eigenvalue weighted by Crippen LogP contribution is 2.29. The molecule has 1 saturated carbocycles. The van der Waals surface area contributed by atoms with Crippen LogP contribution in [-0.2, 0) is 4.79 Å². The summed E-state index contributed by atoms with van der Waals surface area (Å²) in [7, 11) is 0. The average molecular weight is 313 g/mol. The molecule has 2 aromatic rings. The van der Waals surface area contributed by atoms with Crippen molar-refractivity contribution in [3.63, 3.8) is 0 Å². The van der Waals surface area contributed by atoms with Gasteiger partial charge in [-0.3, -0.25) is 4.79 Å². The van der Waals surface area contributed by atoms with Crippen LogP contribution in [0.3, 0.4) is 0 Å². The van der Waals surface area contributed by atoms with Crippen LogP contribution in [0, 0.1) is 0 Å². The molecule has 20 heavy (non-hydrogen) atoms. The average Bonchev–Trinajstić information content (AvgIpc) is 3.06. The predicted molar refractivity (Wildman–Crippen MR) is 79.2 cm³/mol. The van der Waals surface area contributed by atoms with E-state index in [1.807, 2.05) is 6.07 Å². The maximum atomic E-state index is 11.4. The summed E-state index contributed by atoms with van der Waals surface area (Å²) in [6.45, 7) is 0. The van der Waals surface area contributed by atoms with Crippen molar-refractivity contribution in [3.05, 3.63) is 18.2 Å². The second-order valence-corrected chi connectivity index (χ2v) is 6.05. The van der Waals surface area contributed by atoms with E-state index in [9.17, 15) is 4.79 Å². The van der Waals surface area contributed by atoms with Crippen LogP contribution < -0.4 is 5.32 Å². The Morgan fingerprint density at radius 1 is 1.25 bits per heavy atom. The van der Waals surface area contributed by atoms with Crippen molar-refractivity contribution in [2.75, 3.05) is 5.32 Å². The minimum Gasteiger partial charge on any atom is -0.324 e. The summed E-state index contributed by atoms with van der Waals surface area (Å²) in [5, 5.41) is 11.6. The topological polar surface area (TPSA) is 59.8 Å². The molecule has 1 fully saturated rings. The first kappa shape index (κ1) is 13.6. The number of alkyl halides is 2. The van der Waals surface area contributed by atoms with E-state index >= 15 is 0 Å². The van der Waals surface area contributed by atoms with Crippen LogP contribution >= 0.6 is 23.2 Å². The van der Waals surface area contributed by atoms with Gasteiger partial charge >= 0.3 is 0 Å². The Balaban J connectivity index is 1.85. The highest BCUT2D eigenvalue weighted by atomic mass is 35.5. The number of anilines is 1. The minimum atomic E-state index is -1.08. The molecular weight excluding hydrogens is 299 g/mol. The molecule has 1 aromatic carbocycles. The van der Waals surface area contributed by atoms with Gasteiger partial charge in [-0.1, -0.05) is 36.0 Å². The molecular formula is C13H14Cl2N4O. The molecule has 0 aliphatic heterocycles. The van der Waals surface area contributed by atoms with Gasteiger partial charge in [0.15, 0.2) is 4.84 Å². The number of carbonyl (C=O) groups excluding carboxylic acids is 1. The van der Waals surface area contributed by atoms with E-state index in [1.54, 1.807) is 16.9 Å². The SMILES string of the molecule is O=C(Nc1ccc2nn(C3CCCC3)nc2c1)C(Cl)Cl. The molecule has 1 aromatic heterocycles. The number of halogens is 2. The van der Waals surface area contributed by atoms with Crippen LogP contribution in [0.1, 0.15) is 31.7 Å². The molecule has 1 amide bonds. The van der Waals surface area contributed by atoms with Gasteiger partial charge in [0.05, 0.1) is 6.04 Å². The van der Waals surface area contributed by atoms with Gasteiger partial charge in [-0.15, -0.1) is 0 Å². The maximum Gasteiger partial charge on any atom is 0.257 e. The summed E-state index contributed by atoms with van der Waals surface area (Å²) < 4.78 is 0. The van der Waals surface area contributed by atoms with Crippen LogP contribution in [0.15, 0.2) is 18.2 Å². The number of amides is 1. The molecule has 0 radical (unpaired) electrons. The molecule has 1 aliphatic carbocycles. The lowest BCUT2D eigenvalue weighted by Crippen LogP contribution is -2.18. The molecule has 3 rings (SSSR count). The van der Waals surface area contributed by atoms with Crippen molar-refractivity contribution < 1.29 is 4.79 Å². The zero-order valence-corrected chi connectivity index (χ0v) is 12.2. The fourth-order valence-electron chi connectivity index (χ4n) is 2.50. The fourth-order valence-corrected chi connectivity index (χ4v) is 2.61. The summed E-state index contributed by atoms with van der Waals surface area (Å²) in [4.78, 5) is 12.2. The Bertz CT molecular complexity index is 634. The first-order valence-electron chi connectivity index (χ1n) is 6.59. The third-order valence-corrected chi connectivity index (χ3v) is 3.91. The molecule has 0 bridgehead atoms. The number of hydrogen-bond acceptors (Lipinski definition) is 3. The number of carbonyl (C=O) groups is 1. The van der Waals surface area contributed by atoms with Crippen LogP contribution in [0.2, 0.25) is 0 Å². The van der Waals surface area contributed by atoms with Gasteiger partial charge in [0.25, 0.3) is 5.91 Å². The van der Waals surface area contributed by atoms with Crippen molar-refractivity contribution >= 4 is 45.8 Å². The highest BCUT2D eigenvalue weighted by Gasteiger charge is 2.19. The first-order valence-corrected chi connectivity index (χ1v) is 7.46. The summed E-state index contributed by atoms with van der Waals surface area (Å²) in [6.07, 6.45) is 4.73. The van der Waals surface area contributed by atoms with E-state index in [1.165, 1.54) is 12.8 Å². The lowest BCUT2D eigenvalue weighted by molar-refractivity contribution is -0.114. The molecule has 1 aliphatic rings. The zero-order valence-electron chi connectivity index (χ0n) is 10.7. The normalized spacial score (nSPS) is 16.1. The predicted octanol–water partition coefficient (Wildman–Crippen LogP) is 3.29. The fraction of sp³-hybridized carbons (Fsp3) is 0.462. The van der Waals surface area contributed by atoms with E-state index in [4.69, 9.17) is 23.2 Å². The smallest absolute Gasteiger partial charge is 0.257 e. The van der Waals surface area contributed by atoms with E-state index in [0.29, 0.717) is 11.7 Å². The standard InChI is InChI=1S/C13H14Cl2N4O/c14-12(15)13(20)16-8-5-6-10-11(7-8)18-19(17-10)9-3-1-2-4-9/h5-7,9,12H,1-4H2,(H,16,20). The quantitative estimate of drug-likeness (QED) is 0.885. The van der Waals surface area contributed by atoms with Gasteiger partial charge in [0.1, 0.15) is 11.0 Å². The molecule has 5 nitrogen and oxygen atoms in total. The highest BCUT2D eigenvalue weighted by molar-refractivity contribution is 6.54. The molecule has 1 N–H and O–H groups in total. The molecule has 0 atom stereocenters. The van der Waals surface area contributed by atoms with Gasteiger partial charge < -0.3 is 5.32 Å². The maximum absolute atomic E-state index is 11.4. The van der Waals surface area contributed by atoms with Crippen molar-refractivity contribution in [2.45, 2.75) is 36.6 Å². The Hall–Kier alpha value is -1.33. The van der Waals surface area contributed by atoms with Gasteiger partial charge in [-0.2, -0.15) is 15.0 Å². The Morgan fingerprint density at radius 2 is 1.95 bits per heavy atom. The van der Waals surface area contributed by atoms with E-state index in [0.717, 1.165) is 23.9 Å². The number of fused-ring (bicyclic) bond motifs is 1. The number of rotatable bonds is 3. The molecule has 0 spiro atoms. The Labute approximate surface area is 126 Å². The second kappa shape index (κ2) is 5.58. The van der Waals surface area contributed by atoms with Gasteiger partial charge in [-0.05, 0) is 31.0 Å². The molecule has 7 heteroatoms. The van der Waals surface area contributed by atoms with Crippen LogP contribution in [-0.4, -0.2) is 25.7 Å². The van der Waals surface area contributed by atoms with Crippen LogP contribution in [0.5, 0.6) is 0 Å². The minimum absolute atomic E-state index is 0.399. The van der Waals surface area contributed by atoms with E-state index < -0.39 is 10.7 Å². The zero-order chi connectivity index (χ0) is 14.1. The third kappa shape index (κ3) is 2.74. The number of aromatic nitrogens is 3. The summed E-state index contributed by atoms with van der Waals surface area (Å²) in [5.74, 6) is -0.448. The molecule has 0 saturated heterocycles. The largest absolute Gasteiger partial charge is 0.324 e. The summed E-state index contributed by atoms with van der Waals surface area (Å²) >= 11 is 11.0. The van der Waals surface area contributed by atoms with Crippen molar-refractivity contribution in [1.29, 1.82) is 0 Å². The van der Waals surface area contributed by atoms with Crippen molar-refractivity contribution in [1.82, 2.24) is 15.0 Å². The van der Waals surface area contributed by atoms with Crippen molar-refractivity contribution in [2.24, 2.45) is 0 Å². The van der Waals surface area contributed by atoms with Gasteiger partial charge in [0.2, 0.25) is 0 Å². The van der Waals surface area contributed by atoms with E-state index in [-0.39, 0.29) is 0 Å². The number of nitrogens with one attached hydrogen (secondary N) is 1. The summed E-state index contributed by atoms with van der Waals surface area (Å²) in [5.41, 5.74) is 2.20. The van der Waals surface area contributed by atoms with Gasteiger partial charge in [0, 0.05) is 5.69 Å². The van der Waals surface area contributed by atoms with E-state index in [2.05, 4.69) is 15.5 Å². The lowest BCUT2D eigenvalue weighted by atomic mass is 10.3. The lowest BCUT2D eigenvalue weighted by Gasteiger charge is -2.05. The first-order chi connectivity index (χ1) is 9.63. The van der Waals surface area contributed by atoms with Gasteiger partial charge in [-0.25, -0.2) is 0 Å². The number of benzene rings is 1. The number of nitrogens with zero attached hydrogens (tertiary/aromatic N) is 3. The number of hydrogen-bond donors (Lipinski definition) is 1. The van der Waals surface area contributed by atoms with Crippen LogP contribution in [0.4, 0.5) is 5.69 Å². The molecule has 0 unspecified atom stereocenters. The monoisotopic (exact) mass is 312 g/mol. The second-order valence-electron chi connectivity index (χ2n) is 4.95. The molecule has 106 valence electrons. The third-order valence-electron chi connectivity index (χ3n) is 3.51. The van der Waals surface area contributed by atoms with Crippen LogP contribution in [0.25, 0.3) is 11.0 Å². The Morgan fingerprint density at radius 3 is 2.65 bits per heavy atom. The molecule has 1 heterocycles.